The summed E-state index contributed by atoms with van der Waals surface area (Å²) in [6.45, 7) is 7.97. The smallest absolute Gasteiger partial charge is 0.137 e. The Morgan fingerprint density at radius 3 is 2.71 bits per heavy atom. The molecule has 0 atom stereocenters. The summed E-state index contributed by atoms with van der Waals surface area (Å²) in [6.07, 6.45) is 5.34. The lowest BCUT2D eigenvalue weighted by atomic mass is 10.2. The van der Waals surface area contributed by atoms with Gasteiger partial charge in [-0.15, -0.1) is 0 Å². The van der Waals surface area contributed by atoms with Crippen molar-refractivity contribution >= 4 is 11.6 Å². The van der Waals surface area contributed by atoms with E-state index in [0.717, 1.165) is 48.9 Å². The molecule has 5 nitrogen and oxygen atoms in total. The first-order valence-electron chi connectivity index (χ1n) is 7.49. The molecule has 21 heavy (non-hydrogen) atoms. The zero-order valence-electron chi connectivity index (χ0n) is 13.3. The lowest BCUT2D eigenvalue weighted by Crippen LogP contribution is -2.21. The fraction of sp³-hybridized carbons (Fsp3) is 0.500. The third-order valence-corrected chi connectivity index (χ3v) is 3.55. The zero-order chi connectivity index (χ0) is 15.2. The largest absolute Gasteiger partial charge is 0.469 e. The SMILES string of the molecule is CCCNc1ncnc(N(C)Cc2ccoc2C)c1CC. The van der Waals surface area contributed by atoms with Gasteiger partial charge in [0.25, 0.3) is 0 Å². The first-order chi connectivity index (χ1) is 10.2. The number of nitrogens with zero attached hydrogens (tertiary/aromatic N) is 3. The Kier molecular flexibility index (Phi) is 5.20. The van der Waals surface area contributed by atoms with Gasteiger partial charge in [0.15, 0.2) is 0 Å². The van der Waals surface area contributed by atoms with E-state index in [4.69, 9.17) is 4.42 Å². The topological polar surface area (TPSA) is 54.2 Å². The van der Waals surface area contributed by atoms with Gasteiger partial charge in [0, 0.05) is 31.3 Å². The summed E-state index contributed by atoms with van der Waals surface area (Å²) >= 11 is 0. The van der Waals surface area contributed by atoms with Gasteiger partial charge in [0.05, 0.1) is 6.26 Å². The van der Waals surface area contributed by atoms with E-state index >= 15 is 0 Å². The standard InChI is InChI=1S/C16H24N4O/c1-5-8-17-15-14(6-2)16(19-11-18-15)20(4)10-13-7-9-21-12(13)3/h7,9,11H,5-6,8,10H2,1-4H3,(H,17,18,19). The summed E-state index contributed by atoms with van der Waals surface area (Å²) < 4.78 is 5.36. The highest BCUT2D eigenvalue weighted by atomic mass is 16.3. The van der Waals surface area contributed by atoms with Crippen LogP contribution in [0.1, 0.15) is 37.2 Å². The molecule has 0 aliphatic carbocycles. The number of hydrogen-bond donors (Lipinski definition) is 1. The minimum absolute atomic E-state index is 0.777. The minimum atomic E-state index is 0.777. The molecule has 0 saturated carbocycles. The van der Waals surface area contributed by atoms with Crippen molar-refractivity contribution in [2.45, 2.75) is 40.2 Å². The summed E-state index contributed by atoms with van der Waals surface area (Å²) in [7, 11) is 2.05. The fourth-order valence-electron chi connectivity index (χ4n) is 2.36. The highest BCUT2D eigenvalue weighted by Gasteiger charge is 2.14. The number of hydrogen-bond acceptors (Lipinski definition) is 5. The zero-order valence-corrected chi connectivity index (χ0v) is 13.3. The summed E-state index contributed by atoms with van der Waals surface area (Å²) in [5.74, 6) is 2.88. The molecule has 114 valence electrons. The van der Waals surface area contributed by atoms with Crippen LogP contribution in [0.4, 0.5) is 11.6 Å². The molecule has 0 aliphatic rings. The first kappa shape index (κ1) is 15.4. The Hall–Kier alpha value is -2.04. The lowest BCUT2D eigenvalue weighted by Gasteiger charge is -2.22. The molecule has 2 aromatic heterocycles. The van der Waals surface area contributed by atoms with E-state index < -0.39 is 0 Å². The van der Waals surface area contributed by atoms with Crippen molar-refractivity contribution in [2.24, 2.45) is 0 Å². The predicted molar refractivity (Wildman–Crippen MR) is 85.7 cm³/mol. The molecule has 2 rings (SSSR count). The quantitative estimate of drug-likeness (QED) is 0.846. The van der Waals surface area contributed by atoms with Crippen molar-refractivity contribution in [1.82, 2.24) is 9.97 Å². The maximum Gasteiger partial charge on any atom is 0.137 e. The molecule has 0 bridgehead atoms. The molecule has 0 spiro atoms. The van der Waals surface area contributed by atoms with Crippen LogP contribution in [0.3, 0.4) is 0 Å². The van der Waals surface area contributed by atoms with Crippen LogP contribution in [0, 0.1) is 6.92 Å². The van der Waals surface area contributed by atoms with Crippen LogP contribution in [0.5, 0.6) is 0 Å². The van der Waals surface area contributed by atoms with Crippen LogP contribution in [0.2, 0.25) is 0 Å². The molecular formula is C16H24N4O. The van der Waals surface area contributed by atoms with Gasteiger partial charge < -0.3 is 14.6 Å². The number of anilines is 2. The van der Waals surface area contributed by atoms with Gasteiger partial charge in [-0.25, -0.2) is 9.97 Å². The van der Waals surface area contributed by atoms with Crippen molar-refractivity contribution < 1.29 is 4.42 Å². The van der Waals surface area contributed by atoms with Crippen LogP contribution in [-0.4, -0.2) is 23.6 Å². The van der Waals surface area contributed by atoms with E-state index in [1.807, 2.05) is 13.0 Å². The molecule has 0 aliphatic heterocycles. The number of nitrogens with one attached hydrogen (secondary N) is 1. The Morgan fingerprint density at radius 2 is 2.10 bits per heavy atom. The van der Waals surface area contributed by atoms with Crippen LogP contribution in [-0.2, 0) is 13.0 Å². The van der Waals surface area contributed by atoms with E-state index in [1.165, 1.54) is 5.56 Å². The normalized spacial score (nSPS) is 10.7. The third-order valence-electron chi connectivity index (χ3n) is 3.55. The second kappa shape index (κ2) is 7.11. The molecule has 2 aromatic rings. The minimum Gasteiger partial charge on any atom is -0.469 e. The van der Waals surface area contributed by atoms with E-state index in [2.05, 4.69) is 41.1 Å². The predicted octanol–water partition coefficient (Wildman–Crippen LogP) is 3.40. The van der Waals surface area contributed by atoms with Crippen molar-refractivity contribution in [3.8, 4) is 0 Å². The number of aryl methyl sites for hydroxylation is 1. The van der Waals surface area contributed by atoms with Crippen LogP contribution < -0.4 is 10.2 Å². The molecule has 1 N–H and O–H groups in total. The lowest BCUT2D eigenvalue weighted by molar-refractivity contribution is 0.529. The maximum atomic E-state index is 5.36. The van der Waals surface area contributed by atoms with Gasteiger partial charge in [0.2, 0.25) is 0 Å². The number of furan rings is 1. The maximum absolute atomic E-state index is 5.36. The van der Waals surface area contributed by atoms with Crippen LogP contribution in [0.25, 0.3) is 0 Å². The molecule has 0 amide bonds. The van der Waals surface area contributed by atoms with E-state index in [0.29, 0.717) is 0 Å². The highest BCUT2D eigenvalue weighted by Crippen LogP contribution is 2.25. The number of rotatable bonds is 7. The molecule has 0 saturated heterocycles. The molecule has 5 heteroatoms. The van der Waals surface area contributed by atoms with Gasteiger partial charge in [-0.3, -0.25) is 0 Å². The van der Waals surface area contributed by atoms with Crippen LogP contribution in [0.15, 0.2) is 23.1 Å². The summed E-state index contributed by atoms with van der Waals surface area (Å²) in [4.78, 5) is 11.0. The van der Waals surface area contributed by atoms with Crippen molar-refractivity contribution in [3.05, 3.63) is 35.5 Å². The highest BCUT2D eigenvalue weighted by molar-refractivity contribution is 5.58. The molecule has 2 heterocycles. The van der Waals surface area contributed by atoms with E-state index in [9.17, 15) is 0 Å². The van der Waals surface area contributed by atoms with Crippen molar-refractivity contribution in [3.63, 3.8) is 0 Å². The van der Waals surface area contributed by atoms with Gasteiger partial charge in [-0.2, -0.15) is 0 Å². The molecule has 0 radical (unpaired) electrons. The monoisotopic (exact) mass is 288 g/mol. The average Bonchev–Trinajstić information content (AvgIpc) is 2.89. The first-order valence-corrected chi connectivity index (χ1v) is 7.49. The number of aromatic nitrogens is 2. The van der Waals surface area contributed by atoms with E-state index in [1.54, 1.807) is 12.6 Å². The van der Waals surface area contributed by atoms with E-state index in [-0.39, 0.29) is 0 Å². The Balaban J connectivity index is 2.23. The van der Waals surface area contributed by atoms with Gasteiger partial charge in [-0.05, 0) is 25.8 Å². The second-order valence-electron chi connectivity index (χ2n) is 5.16. The second-order valence-corrected chi connectivity index (χ2v) is 5.16. The molecule has 0 aromatic carbocycles. The Morgan fingerprint density at radius 1 is 1.29 bits per heavy atom. The summed E-state index contributed by atoms with van der Waals surface area (Å²) in [5.41, 5.74) is 2.34. The fourth-order valence-corrected chi connectivity index (χ4v) is 2.36. The van der Waals surface area contributed by atoms with Crippen LogP contribution >= 0.6 is 0 Å². The van der Waals surface area contributed by atoms with Gasteiger partial charge in [0.1, 0.15) is 23.7 Å². The van der Waals surface area contributed by atoms with Crippen molar-refractivity contribution in [1.29, 1.82) is 0 Å². The third kappa shape index (κ3) is 3.54. The summed E-state index contributed by atoms with van der Waals surface area (Å²) in [6, 6.07) is 2.01. The molecular weight excluding hydrogens is 264 g/mol. The Bertz CT molecular complexity index is 579. The average molecular weight is 288 g/mol. The molecule has 0 unspecified atom stereocenters. The van der Waals surface area contributed by atoms with Gasteiger partial charge in [-0.1, -0.05) is 13.8 Å². The Labute approximate surface area is 126 Å². The summed E-state index contributed by atoms with van der Waals surface area (Å²) in [5, 5.41) is 3.38. The molecule has 0 fully saturated rings. The van der Waals surface area contributed by atoms with Crippen molar-refractivity contribution in [2.75, 3.05) is 23.8 Å². The van der Waals surface area contributed by atoms with Gasteiger partial charge >= 0.3 is 0 Å².